The average molecular weight is 216 g/mol. The van der Waals surface area contributed by atoms with Crippen LogP contribution in [-0.2, 0) is 5.88 Å². The molecule has 0 aliphatic heterocycles. The van der Waals surface area contributed by atoms with Crippen molar-refractivity contribution in [3.8, 4) is 11.8 Å². The number of alkyl halides is 1. The van der Waals surface area contributed by atoms with E-state index < -0.39 is 0 Å². The summed E-state index contributed by atoms with van der Waals surface area (Å²) in [5.41, 5.74) is 0.723. The van der Waals surface area contributed by atoms with Gasteiger partial charge in [0.2, 0.25) is 0 Å². The van der Waals surface area contributed by atoms with Gasteiger partial charge < -0.3 is 4.74 Å². The molecule has 0 spiro atoms. The molecule has 0 saturated heterocycles. The molecule has 0 fully saturated rings. The molecule has 2 nitrogen and oxygen atoms in total. The Labute approximate surface area is 86.6 Å². The zero-order valence-electron chi connectivity index (χ0n) is 6.76. The summed E-state index contributed by atoms with van der Waals surface area (Å²) in [7, 11) is 0. The van der Waals surface area contributed by atoms with Gasteiger partial charge in [0.1, 0.15) is 11.8 Å². The van der Waals surface area contributed by atoms with Crippen LogP contribution in [0.4, 0.5) is 0 Å². The lowest BCUT2D eigenvalue weighted by Gasteiger charge is -2.07. The quantitative estimate of drug-likeness (QED) is 0.727. The normalized spacial score (nSPS) is 9.31. The molecule has 0 amide bonds. The number of nitriles is 1. The second-order valence-electron chi connectivity index (χ2n) is 2.30. The molecule has 0 saturated carbocycles. The minimum absolute atomic E-state index is 0.00420. The van der Waals surface area contributed by atoms with Crippen molar-refractivity contribution in [2.45, 2.75) is 5.88 Å². The molecule has 4 heteroatoms. The Hall–Kier alpha value is -0.910. The van der Waals surface area contributed by atoms with Gasteiger partial charge in [0.25, 0.3) is 0 Å². The van der Waals surface area contributed by atoms with E-state index in [0.717, 1.165) is 5.56 Å². The highest BCUT2D eigenvalue weighted by molar-refractivity contribution is 6.32. The van der Waals surface area contributed by atoms with Crippen molar-refractivity contribution in [1.82, 2.24) is 0 Å². The first-order valence-electron chi connectivity index (χ1n) is 3.62. The molecule has 13 heavy (non-hydrogen) atoms. The van der Waals surface area contributed by atoms with E-state index in [9.17, 15) is 0 Å². The van der Waals surface area contributed by atoms with Crippen LogP contribution in [0.1, 0.15) is 5.56 Å². The Morgan fingerprint density at radius 1 is 1.46 bits per heavy atom. The molecule has 0 aromatic heterocycles. The summed E-state index contributed by atoms with van der Waals surface area (Å²) in [6, 6.07) is 7.11. The van der Waals surface area contributed by atoms with Crippen molar-refractivity contribution in [2.24, 2.45) is 0 Å². The van der Waals surface area contributed by atoms with Gasteiger partial charge in [-0.1, -0.05) is 17.7 Å². The van der Waals surface area contributed by atoms with Gasteiger partial charge in [-0.3, -0.25) is 0 Å². The number of ether oxygens (including phenoxy) is 1. The van der Waals surface area contributed by atoms with Crippen LogP contribution in [0.15, 0.2) is 18.2 Å². The van der Waals surface area contributed by atoms with E-state index in [0.29, 0.717) is 10.8 Å². The third kappa shape index (κ3) is 2.51. The molecule has 1 aromatic carbocycles. The second kappa shape index (κ2) is 4.96. The lowest BCUT2D eigenvalue weighted by Crippen LogP contribution is -1.96. The molecule has 0 unspecified atom stereocenters. The fraction of sp³-hybridized carbons (Fsp3) is 0.222. The predicted molar refractivity (Wildman–Crippen MR) is 52.1 cm³/mol. The lowest BCUT2D eigenvalue weighted by atomic mass is 10.2. The summed E-state index contributed by atoms with van der Waals surface area (Å²) in [6.07, 6.45) is 0. The highest BCUT2D eigenvalue weighted by Crippen LogP contribution is 2.27. The van der Waals surface area contributed by atoms with E-state index in [1.54, 1.807) is 18.2 Å². The molecule has 1 rings (SSSR count). The van der Waals surface area contributed by atoms with Crippen molar-refractivity contribution in [3.05, 3.63) is 28.8 Å². The summed E-state index contributed by atoms with van der Waals surface area (Å²) in [4.78, 5) is 0. The van der Waals surface area contributed by atoms with Crippen LogP contribution in [0.3, 0.4) is 0 Å². The van der Waals surface area contributed by atoms with E-state index in [2.05, 4.69) is 0 Å². The second-order valence-corrected chi connectivity index (χ2v) is 2.97. The lowest BCUT2D eigenvalue weighted by molar-refractivity contribution is 0.365. The molecule has 0 N–H and O–H groups in total. The zero-order valence-corrected chi connectivity index (χ0v) is 8.27. The third-order valence-electron chi connectivity index (χ3n) is 1.50. The minimum Gasteiger partial charge on any atom is -0.478 e. The smallest absolute Gasteiger partial charge is 0.174 e. The van der Waals surface area contributed by atoms with Crippen molar-refractivity contribution >= 4 is 23.2 Å². The van der Waals surface area contributed by atoms with Crippen LogP contribution in [0.25, 0.3) is 0 Å². The maximum absolute atomic E-state index is 8.32. The number of halogens is 2. The van der Waals surface area contributed by atoms with Crippen molar-refractivity contribution in [2.75, 3.05) is 6.61 Å². The molecular formula is C9H7Cl2NO. The molecule has 0 heterocycles. The molecule has 68 valence electrons. The van der Waals surface area contributed by atoms with Crippen LogP contribution in [0, 0.1) is 11.3 Å². The minimum atomic E-state index is 0.00420. The average Bonchev–Trinajstić information content (AvgIpc) is 2.15. The van der Waals surface area contributed by atoms with Crippen molar-refractivity contribution in [1.29, 1.82) is 5.26 Å². The highest BCUT2D eigenvalue weighted by Gasteiger charge is 2.05. The molecule has 0 atom stereocenters. The van der Waals surface area contributed by atoms with Crippen molar-refractivity contribution in [3.63, 3.8) is 0 Å². The Morgan fingerprint density at radius 2 is 2.23 bits per heavy atom. The number of benzene rings is 1. The first kappa shape index (κ1) is 10.2. The Balaban J connectivity index is 2.93. The van der Waals surface area contributed by atoms with Gasteiger partial charge in [-0.25, -0.2) is 0 Å². The summed E-state index contributed by atoms with van der Waals surface area (Å²) < 4.78 is 5.13. The highest BCUT2D eigenvalue weighted by atomic mass is 35.5. The van der Waals surface area contributed by atoms with Gasteiger partial charge in [0.05, 0.1) is 5.88 Å². The third-order valence-corrected chi connectivity index (χ3v) is 2.12. The maximum atomic E-state index is 8.32. The molecular weight excluding hydrogens is 209 g/mol. The topological polar surface area (TPSA) is 33.0 Å². The largest absolute Gasteiger partial charge is 0.478 e. The van der Waals surface area contributed by atoms with Crippen LogP contribution >= 0.6 is 23.2 Å². The van der Waals surface area contributed by atoms with E-state index in [1.807, 2.05) is 6.07 Å². The molecule has 0 radical (unpaired) electrons. The van der Waals surface area contributed by atoms with Crippen LogP contribution in [0.2, 0.25) is 5.02 Å². The Morgan fingerprint density at radius 3 is 2.85 bits per heavy atom. The van der Waals surface area contributed by atoms with Crippen LogP contribution in [0.5, 0.6) is 5.75 Å². The van der Waals surface area contributed by atoms with E-state index in [4.69, 9.17) is 33.2 Å². The van der Waals surface area contributed by atoms with Gasteiger partial charge in [-0.05, 0) is 12.1 Å². The summed E-state index contributed by atoms with van der Waals surface area (Å²) in [5, 5.41) is 8.88. The van der Waals surface area contributed by atoms with E-state index in [1.165, 1.54) is 0 Å². The number of rotatable bonds is 3. The first-order valence-corrected chi connectivity index (χ1v) is 4.54. The Bertz CT molecular complexity index is 333. The molecule has 1 aromatic rings. The monoisotopic (exact) mass is 215 g/mol. The van der Waals surface area contributed by atoms with Crippen molar-refractivity contribution < 1.29 is 4.74 Å². The Kier molecular flexibility index (Phi) is 3.88. The van der Waals surface area contributed by atoms with Crippen LogP contribution in [-0.4, -0.2) is 6.61 Å². The van der Waals surface area contributed by atoms with Gasteiger partial charge in [0.15, 0.2) is 6.61 Å². The summed E-state index contributed by atoms with van der Waals surface area (Å²) >= 11 is 11.5. The fourth-order valence-corrected chi connectivity index (χ4v) is 1.49. The van der Waals surface area contributed by atoms with Gasteiger partial charge in [0, 0.05) is 10.6 Å². The first-order chi connectivity index (χ1) is 6.29. The molecule has 0 aliphatic rings. The predicted octanol–water partition coefficient (Wildman–Crippen LogP) is 2.98. The molecule has 0 bridgehead atoms. The van der Waals surface area contributed by atoms with Crippen LogP contribution < -0.4 is 4.74 Å². The van der Waals surface area contributed by atoms with Gasteiger partial charge in [-0.2, -0.15) is 5.26 Å². The van der Waals surface area contributed by atoms with Gasteiger partial charge >= 0.3 is 0 Å². The number of hydrogen-bond acceptors (Lipinski definition) is 2. The summed E-state index contributed by atoms with van der Waals surface area (Å²) in [5.74, 6) is 0.851. The SMILES string of the molecule is N#CCOc1cccc(Cl)c1CCl. The number of nitrogens with zero attached hydrogens (tertiary/aromatic N) is 1. The maximum Gasteiger partial charge on any atom is 0.174 e. The van der Waals surface area contributed by atoms with E-state index >= 15 is 0 Å². The molecule has 0 aliphatic carbocycles. The number of hydrogen-bond donors (Lipinski definition) is 0. The van der Waals surface area contributed by atoms with E-state index in [-0.39, 0.29) is 12.5 Å². The fourth-order valence-electron chi connectivity index (χ4n) is 0.914. The summed E-state index contributed by atoms with van der Waals surface area (Å²) in [6.45, 7) is 0.00420. The van der Waals surface area contributed by atoms with Gasteiger partial charge in [-0.15, -0.1) is 11.6 Å². The zero-order chi connectivity index (χ0) is 9.68. The standard InChI is InChI=1S/C9H7Cl2NO/c10-6-7-8(11)2-1-3-9(7)13-5-4-12/h1-3H,5-6H2.